The van der Waals surface area contributed by atoms with Gasteiger partial charge in [0.2, 0.25) is 5.60 Å². The van der Waals surface area contributed by atoms with Gasteiger partial charge in [-0.15, -0.1) is 0 Å². The van der Waals surface area contributed by atoms with E-state index in [0.717, 1.165) is 43.4 Å². The molecule has 254 valence electrons. The van der Waals surface area contributed by atoms with E-state index >= 15 is 0 Å². The average molecular weight is 667 g/mol. The standard InChI is InChI=1S/C34H37F3N6O5/c1-48-27-11-13-40(14-12-27)31-10-7-25(20-38-31)32(44)41-17-15-39(16-18-41)23-33(45,34(35,36)37)29-22-42(21-24-5-3-2-4-6-24)30-19-26(43(46)47)8-9-28(29)30/h2-10,19-20,22,27,45H,11-18,21,23H2,1H3. The molecule has 2 aliphatic rings. The number of carbonyl (C=O) groups excluding carboxylic acids is 1. The predicted octanol–water partition coefficient (Wildman–Crippen LogP) is 4.82. The average Bonchev–Trinajstić information content (AvgIpc) is 3.46. The Morgan fingerprint density at radius 2 is 1.73 bits per heavy atom. The van der Waals surface area contributed by atoms with Gasteiger partial charge in [-0.3, -0.25) is 19.8 Å². The van der Waals surface area contributed by atoms with Crippen LogP contribution in [0, 0.1) is 10.1 Å². The zero-order valence-corrected chi connectivity index (χ0v) is 26.5. The van der Waals surface area contributed by atoms with Gasteiger partial charge in [-0.1, -0.05) is 30.3 Å². The molecule has 1 amide bonds. The number of piperidine rings is 1. The van der Waals surface area contributed by atoms with Crippen molar-refractivity contribution in [1.29, 1.82) is 0 Å². The van der Waals surface area contributed by atoms with E-state index in [0.29, 0.717) is 5.56 Å². The summed E-state index contributed by atoms with van der Waals surface area (Å²) in [5, 5.41) is 23.1. The molecule has 2 aromatic carbocycles. The molecule has 2 aliphatic heterocycles. The number of aromatic nitrogens is 2. The summed E-state index contributed by atoms with van der Waals surface area (Å²) in [6.45, 7) is 1.54. The van der Waals surface area contributed by atoms with Gasteiger partial charge in [0.1, 0.15) is 5.82 Å². The maximum absolute atomic E-state index is 14.9. The summed E-state index contributed by atoms with van der Waals surface area (Å²) in [6.07, 6.45) is -0.276. The number of aliphatic hydroxyl groups is 1. The molecule has 0 radical (unpaired) electrons. The number of nitro benzene ring substituents is 1. The van der Waals surface area contributed by atoms with E-state index in [4.69, 9.17) is 4.74 Å². The van der Waals surface area contributed by atoms with Crippen LogP contribution in [0.25, 0.3) is 10.9 Å². The van der Waals surface area contributed by atoms with Gasteiger partial charge in [0.05, 0.1) is 22.1 Å². The second-order valence-electron chi connectivity index (χ2n) is 12.4. The number of benzene rings is 2. The molecule has 0 aliphatic carbocycles. The van der Waals surface area contributed by atoms with E-state index in [-0.39, 0.29) is 66.9 Å². The summed E-state index contributed by atoms with van der Waals surface area (Å²) in [7, 11) is 1.71. The Kier molecular flexibility index (Phi) is 9.41. The van der Waals surface area contributed by atoms with E-state index in [1.165, 1.54) is 34.0 Å². The summed E-state index contributed by atoms with van der Waals surface area (Å²) < 4.78 is 51.5. The van der Waals surface area contributed by atoms with Gasteiger partial charge in [0, 0.05) is 94.9 Å². The molecule has 2 saturated heterocycles. The Morgan fingerprint density at radius 1 is 1.02 bits per heavy atom. The zero-order chi connectivity index (χ0) is 34.1. The first-order valence-corrected chi connectivity index (χ1v) is 15.8. The minimum absolute atomic E-state index is 0.0733. The number of halogens is 3. The molecule has 48 heavy (non-hydrogen) atoms. The third kappa shape index (κ3) is 6.73. The van der Waals surface area contributed by atoms with Crippen LogP contribution in [0.1, 0.15) is 34.3 Å². The summed E-state index contributed by atoms with van der Waals surface area (Å²) in [4.78, 5) is 33.9. The summed E-state index contributed by atoms with van der Waals surface area (Å²) in [6, 6.07) is 16.2. The van der Waals surface area contributed by atoms with E-state index < -0.39 is 23.2 Å². The zero-order valence-electron chi connectivity index (χ0n) is 26.5. The van der Waals surface area contributed by atoms with Crippen molar-refractivity contribution in [3.63, 3.8) is 0 Å². The minimum atomic E-state index is -5.07. The number of amides is 1. The third-order valence-corrected chi connectivity index (χ3v) is 9.39. The number of nitrogens with zero attached hydrogens (tertiary/aromatic N) is 6. The number of pyridine rings is 1. The second-order valence-corrected chi connectivity index (χ2v) is 12.4. The lowest BCUT2D eigenvalue weighted by atomic mass is 9.91. The van der Waals surface area contributed by atoms with Crippen molar-refractivity contribution >= 4 is 28.3 Å². The molecule has 2 aromatic heterocycles. The van der Waals surface area contributed by atoms with E-state index in [1.54, 1.807) is 42.3 Å². The van der Waals surface area contributed by atoms with Crippen molar-refractivity contribution in [3.8, 4) is 0 Å². The lowest BCUT2D eigenvalue weighted by Gasteiger charge is -2.40. The first-order valence-electron chi connectivity index (χ1n) is 15.8. The number of methoxy groups -OCH3 is 1. The van der Waals surface area contributed by atoms with E-state index in [2.05, 4.69) is 9.88 Å². The number of nitro groups is 1. The Hall–Kier alpha value is -4.53. The van der Waals surface area contributed by atoms with Crippen molar-refractivity contribution in [2.45, 2.75) is 37.3 Å². The van der Waals surface area contributed by atoms with Crippen molar-refractivity contribution in [2.24, 2.45) is 0 Å². The Bertz CT molecular complexity index is 1750. The highest BCUT2D eigenvalue weighted by Crippen LogP contribution is 2.44. The number of rotatable bonds is 9. The summed E-state index contributed by atoms with van der Waals surface area (Å²) in [5.74, 6) is 0.514. The van der Waals surface area contributed by atoms with Gasteiger partial charge in [0.15, 0.2) is 0 Å². The Morgan fingerprint density at radius 3 is 2.33 bits per heavy atom. The van der Waals surface area contributed by atoms with Crippen molar-refractivity contribution in [3.05, 3.63) is 99.9 Å². The molecule has 4 aromatic rings. The highest BCUT2D eigenvalue weighted by Gasteiger charge is 2.57. The van der Waals surface area contributed by atoms with Gasteiger partial charge in [-0.2, -0.15) is 13.2 Å². The molecule has 11 nitrogen and oxygen atoms in total. The molecule has 1 atom stereocenters. The van der Waals surface area contributed by atoms with Gasteiger partial charge in [-0.05, 0) is 36.6 Å². The Balaban J connectivity index is 1.18. The third-order valence-electron chi connectivity index (χ3n) is 9.39. The van der Waals surface area contributed by atoms with Crippen LogP contribution in [-0.2, 0) is 16.9 Å². The van der Waals surface area contributed by atoms with E-state index in [1.807, 2.05) is 12.1 Å². The highest BCUT2D eigenvalue weighted by atomic mass is 19.4. The first-order chi connectivity index (χ1) is 23.0. The van der Waals surface area contributed by atoms with Crippen LogP contribution in [0.3, 0.4) is 0 Å². The van der Waals surface area contributed by atoms with Gasteiger partial charge < -0.3 is 24.2 Å². The Labute approximate surface area is 275 Å². The van der Waals surface area contributed by atoms with Crippen molar-refractivity contribution in [1.82, 2.24) is 19.4 Å². The number of alkyl halides is 3. The maximum atomic E-state index is 14.9. The fraction of sp³-hybridized carbons (Fsp3) is 0.412. The number of ether oxygens (including phenoxy) is 1. The topological polar surface area (TPSA) is 117 Å². The normalized spacial score (nSPS) is 17.9. The van der Waals surface area contributed by atoms with Gasteiger partial charge >= 0.3 is 6.18 Å². The molecule has 1 N–H and O–H groups in total. The number of anilines is 1. The van der Waals surface area contributed by atoms with Crippen LogP contribution in [0.15, 0.2) is 73.1 Å². The smallest absolute Gasteiger partial charge is 0.381 e. The molecular weight excluding hydrogens is 629 g/mol. The summed E-state index contributed by atoms with van der Waals surface area (Å²) >= 11 is 0. The lowest BCUT2D eigenvalue weighted by molar-refractivity contribution is -0.384. The quantitative estimate of drug-likeness (QED) is 0.200. The number of carbonyl (C=O) groups is 1. The summed E-state index contributed by atoms with van der Waals surface area (Å²) in [5.41, 5.74) is -2.56. The molecule has 4 heterocycles. The molecule has 0 bridgehead atoms. The molecule has 0 saturated carbocycles. The maximum Gasteiger partial charge on any atom is 0.422 e. The van der Waals surface area contributed by atoms with E-state index in [9.17, 15) is 33.2 Å². The first kappa shape index (κ1) is 33.4. The molecular formula is C34H37F3N6O5. The predicted molar refractivity (Wildman–Crippen MR) is 173 cm³/mol. The van der Waals surface area contributed by atoms with Crippen molar-refractivity contribution in [2.75, 3.05) is 57.8 Å². The fourth-order valence-corrected chi connectivity index (χ4v) is 6.60. The monoisotopic (exact) mass is 666 g/mol. The number of β-amino-alcohol motifs (C(OH)–C–C–N with tert-alkyl or cyclic N) is 1. The number of non-ortho nitro benzene ring substituents is 1. The van der Waals surface area contributed by atoms with Crippen LogP contribution in [0.2, 0.25) is 0 Å². The van der Waals surface area contributed by atoms with Crippen LogP contribution < -0.4 is 4.90 Å². The molecule has 1 unspecified atom stereocenters. The van der Waals surface area contributed by atoms with Crippen LogP contribution >= 0.6 is 0 Å². The van der Waals surface area contributed by atoms with Crippen LogP contribution in [-0.4, -0.2) is 100 Å². The molecule has 2 fully saturated rings. The number of hydrogen-bond donors (Lipinski definition) is 1. The largest absolute Gasteiger partial charge is 0.422 e. The molecule has 0 spiro atoms. The molecule has 14 heteroatoms. The van der Waals surface area contributed by atoms with Gasteiger partial charge in [0.25, 0.3) is 11.6 Å². The highest BCUT2D eigenvalue weighted by molar-refractivity contribution is 5.94. The SMILES string of the molecule is COC1CCN(c2ccc(C(=O)N3CCN(CC(O)(c4cn(Cc5ccccc5)c5cc([N+](=O)[O-])ccc45)C(F)(F)F)CC3)cn2)CC1. The fourth-order valence-electron chi connectivity index (χ4n) is 6.60. The van der Waals surface area contributed by atoms with Gasteiger partial charge in [-0.25, -0.2) is 4.98 Å². The lowest BCUT2D eigenvalue weighted by Crippen LogP contribution is -2.56. The number of hydrogen-bond acceptors (Lipinski definition) is 8. The number of fused-ring (bicyclic) bond motifs is 1. The number of piperazine rings is 1. The second kappa shape index (κ2) is 13.5. The van der Waals surface area contributed by atoms with Crippen LogP contribution in [0.4, 0.5) is 24.7 Å². The molecule has 6 rings (SSSR count). The minimum Gasteiger partial charge on any atom is -0.381 e. The van der Waals surface area contributed by atoms with Crippen molar-refractivity contribution < 1.29 is 32.7 Å². The van der Waals surface area contributed by atoms with Crippen LogP contribution in [0.5, 0.6) is 0 Å².